The van der Waals surface area contributed by atoms with E-state index in [0.29, 0.717) is 53.1 Å². The second kappa shape index (κ2) is 8.00. The number of ether oxygens (including phenoxy) is 4. The summed E-state index contributed by atoms with van der Waals surface area (Å²) in [5.74, 6) is 2.06. The number of hydrogen-bond donors (Lipinski definition) is 0. The van der Waals surface area contributed by atoms with Gasteiger partial charge in [0.2, 0.25) is 0 Å². The molecular formula is C21H20N2O5S. The van der Waals surface area contributed by atoms with E-state index in [9.17, 15) is 4.79 Å². The monoisotopic (exact) mass is 412 g/mol. The standard InChI is InChI=1S/C21H20N2O5S/c1-4-5-23-16-11-17-18(28-7-6-27-17)12-19(16)29-21(23)22-20(24)13-8-14(25-2)10-15(9-13)26-3/h4,8-12H,1,5-7H2,2-3H3. The van der Waals surface area contributed by atoms with Crippen LogP contribution in [0.1, 0.15) is 10.4 Å². The van der Waals surface area contributed by atoms with Crippen molar-refractivity contribution in [3.8, 4) is 23.0 Å². The van der Waals surface area contributed by atoms with Gasteiger partial charge in [-0.3, -0.25) is 4.79 Å². The van der Waals surface area contributed by atoms with E-state index >= 15 is 0 Å². The van der Waals surface area contributed by atoms with Crippen molar-refractivity contribution in [2.24, 2.45) is 4.99 Å². The highest BCUT2D eigenvalue weighted by Crippen LogP contribution is 2.35. The van der Waals surface area contributed by atoms with E-state index in [-0.39, 0.29) is 5.91 Å². The van der Waals surface area contributed by atoms with Crippen molar-refractivity contribution in [3.05, 3.63) is 53.4 Å². The van der Waals surface area contributed by atoms with Crippen LogP contribution < -0.4 is 23.7 Å². The van der Waals surface area contributed by atoms with Crippen LogP contribution in [0.2, 0.25) is 0 Å². The first kappa shape index (κ1) is 19.1. The third-order valence-corrected chi connectivity index (χ3v) is 5.50. The average molecular weight is 412 g/mol. The zero-order valence-electron chi connectivity index (χ0n) is 16.1. The number of carbonyl (C=O) groups excluding carboxylic acids is 1. The zero-order chi connectivity index (χ0) is 20.4. The Labute approximate surface area is 171 Å². The van der Waals surface area contributed by atoms with Crippen LogP contribution >= 0.6 is 11.3 Å². The first-order valence-corrected chi connectivity index (χ1v) is 9.80. The summed E-state index contributed by atoms with van der Waals surface area (Å²) in [6.45, 7) is 5.36. The molecule has 3 aromatic rings. The molecule has 1 amide bonds. The van der Waals surface area contributed by atoms with Gasteiger partial charge in [-0.25, -0.2) is 0 Å². The molecule has 1 aromatic heterocycles. The van der Waals surface area contributed by atoms with Crippen molar-refractivity contribution in [1.29, 1.82) is 0 Å². The van der Waals surface area contributed by atoms with Gasteiger partial charge in [0.15, 0.2) is 16.3 Å². The lowest BCUT2D eigenvalue weighted by molar-refractivity contribution is 0.0997. The summed E-state index contributed by atoms with van der Waals surface area (Å²) >= 11 is 1.41. The van der Waals surface area contributed by atoms with Crippen LogP contribution in [0.25, 0.3) is 10.2 Å². The van der Waals surface area contributed by atoms with E-state index in [0.717, 1.165) is 10.2 Å². The summed E-state index contributed by atoms with van der Waals surface area (Å²) in [7, 11) is 3.08. The van der Waals surface area contributed by atoms with Crippen LogP contribution in [0, 0.1) is 0 Å². The smallest absolute Gasteiger partial charge is 0.279 e. The SMILES string of the molecule is C=CCn1c(=NC(=O)c2cc(OC)cc(OC)c2)sc2cc3c(cc21)OCCO3. The second-order valence-electron chi connectivity index (χ2n) is 6.27. The summed E-state index contributed by atoms with van der Waals surface area (Å²) < 4.78 is 24.7. The highest BCUT2D eigenvalue weighted by molar-refractivity contribution is 7.16. The molecule has 150 valence electrons. The minimum atomic E-state index is -0.385. The van der Waals surface area contributed by atoms with Crippen molar-refractivity contribution in [1.82, 2.24) is 4.57 Å². The number of fused-ring (bicyclic) bond motifs is 2. The lowest BCUT2D eigenvalue weighted by Crippen LogP contribution is -2.17. The van der Waals surface area contributed by atoms with Crippen molar-refractivity contribution in [2.75, 3.05) is 27.4 Å². The highest BCUT2D eigenvalue weighted by Gasteiger charge is 2.17. The number of thiazole rings is 1. The summed E-state index contributed by atoms with van der Waals surface area (Å²) in [5.41, 5.74) is 1.30. The molecule has 2 heterocycles. The molecule has 0 atom stereocenters. The number of hydrogen-bond acceptors (Lipinski definition) is 6. The fourth-order valence-electron chi connectivity index (χ4n) is 3.08. The number of allylic oxidation sites excluding steroid dienone is 1. The van der Waals surface area contributed by atoms with E-state index in [2.05, 4.69) is 11.6 Å². The number of amides is 1. The Morgan fingerprint density at radius 2 is 1.79 bits per heavy atom. The molecule has 0 unspecified atom stereocenters. The number of methoxy groups -OCH3 is 2. The number of aromatic nitrogens is 1. The van der Waals surface area contributed by atoms with Gasteiger partial charge in [0.05, 0.1) is 24.4 Å². The molecule has 0 saturated carbocycles. The number of benzene rings is 2. The average Bonchev–Trinajstić information content (AvgIpc) is 3.07. The lowest BCUT2D eigenvalue weighted by Gasteiger charge is -2.18. The third-order valence-electron chi connectivity index (χ3n) is 4.45. The third kappa shape index (κ3) is 3.71. The van der Waals surface area contributed by atoms with Gasteiger partial charge in [0, 0.05) is 30.3 Å². The predicted octanol–water partition coefficient (Wildman–Crippen LogP) is 3.42. The van der Waals surface area contributed by atoms with Crippen molar-refractivity contribution in [3.63, 3.8) is 0 Å². The first-order chi connectivity index (χ1) is 14.1. The van der Waals surface area contributed by atoms with E-state index in [1.807, 2.05) is 16.7 Å². The van der Waals surface area contributed by atoms with Gasteiger partial charge in [-0.1, -0.05) is 17.4 Å². The molecule has 4 rings (SSSR count). The fraction of sp³-hybridized carbons (Fsp3) is 0.238. The Morgan fingerprint density at radius 3 is 2.41 bits per heavy atom. The minimum Gasteiger partial charge on any atom is -0.497 e. The Bertz CT molecular complexity index is 1140. The Kier molecular flexibility index (Phi) is 5.26. The molecule has 0 fully saturated rings. The van der Waals surface area contributed by atoms with Gasteiger partial charge in [0.1, 0.15) is 24.7 Å². The topological polar surface area (TPSA) is 71.3 Å². The quantitative estimate of drug-likeness (QED) is 0.601. The number of rotatable bonds is 5. The van der Waals surface area contributed by atoms with Crippen LogP contribution in [0.4, 0.5) is 0 Å². The van der Waals surface area contributed by atoms with E-state index in [1.165, 1.54) is 25.6 Å². The molecular weight excluding hydrogens is 392 g/mol. The molecule has 0 spiro atoms. The minimum absolute atomic E-state index is 0.384. The molecule has 8 heteroatoms. The maximum Gasteiger partial charge on any atom is 0.279 e. The molecule has 0 radical (unpaired) electrons. The molecule has 0 aliphatic carbocycles. The van der Waals surface area contributed by atoms with Crippen LogP contribution in [0.5, 0.6) is 23.0 Å². The summed E-state index contributed by atoms with van der Waals surface area (Å²) in [4.78, 5) is 17.8. The Balaban J connectivity index is 1.84. The zero-order valence-corrected chi connectivity index (χ0v) is 17.0. The summed E-state index contributed by atoms with van der Waals surface area (Å²) in [6, 6.07) is 8.83. The summed E-state index contributed by atoms with van der Waals surface area (Å²) in [5, 5.41) is 0. The molecule has 0 bridgehead atoms. The maximum atomic E-state index is 12.9. The molecule has 29 heavy (non-hydrogen) atoms. The summed E-state index contributed by atoms with van der Waals surface area (Å²) in [6.07, 6.45) is 1.76. The van der Waals surface area contributed by atoms with Crippen LogP contribution in [0.15, 0.2) is 48.0 Å². The van der Waals surface area contributed by atoms with Gasteiger partial charge < -0.3 is 23.5 Å². The second-order valence-corrected chi connectivity index (χ2v) is 7.27. The van der Waals surface area contributed by atoms with Gasteiger partial charge >= 0.3 is 0 Å². The normalized spacial score (nSPS) is 13.4. The van der Waals surface area contributed by atoms with Crippen LogP contribution in [-0.2, 0) is 6.54 Å². The van der Waals surface area contributed by atoms with Gasteiger partial charge in [0.25, 0.3) is 5.91 Å². The van der Waals surface area contributed by atoms with E-state index in [1.54, 1.807) is 24.3 Å². The molecule has 0 N–H and O–H groups in total. The van der Waals surface area contributed by atoms with Gasteiger partial charge in [-0.05, 0) is 12.1 Å². The van der Waals surface area contributed by atoms with Gasteiger partial charge in [-0.15, -0.1) is 6.58 Å². The first-order valence-electron chi connectivity index (χ1n) is 8.99. The van der Waals surface area contributed by atoms with Crippen LogP contribution in [0.3, 0.4) is 0 Å². The Hall–Kier alpha value is -3.26. The van der Waals surface area contributed by atoms with E-state index < -0.39 is 0 Å². The maximum absolute atomic E-state index is 12.9. The molecule has 1 aliphatic heterocycles. The molecule has 1 aliphatic rings. The number of nitrogens with zero attached hydrogens (tertiary/aromatic N) is 2. The lowest BCUT2D eigenvalue weighted by atomic mass is 10.2. The number of carbonyl (C=O) groups is 1. The molecule has 0 saturated heterocycles. The van der Waals surface area contributed by atoms with Crippen molar-refractivity contribution < 1.29 is 23.7 Å². The highest BCUT2D eigenvalue weighted by atomic mass is 32.1. The van der Waals surface area contributed by atoms with Crippen molar-refractivity contribution in [2.45, 2.75) is 6.54 Å². The van der Waals surface area contributed by atoms with E-state index in [4.69, 9.17) is 18.9 Å². The fourth-order valence-corrected chi connectivity index (χ4v) is 4.13. The predicted molar refractivity (Wildman–Crippen MR) is 110 cm³/mol. The van der Waals surface area contributed by atoms with Crippen molar-refractivity contribution >= 4 is 27.5 Å². The molecule has 7 nitrogen and oxygen atoms in total. The molecule has 2 aromatic carbocycles. The largest absolute Gasteiger partial charge is 0.497 e. The van der Waals surface area contributed by atoms with Crippen LogP contribution in [-0.4, -0.2) is 37.9 Å². The van der Waals surface area contributed by atoms with Gasteiger partial charge in [-0.2, -0.15) is 4.99 Å². The Morgan fingerprint density at radius 1 is 1.14 bits per heavy atom.